The first-order valence-corrected chi connectivity index (χ1v) is 7.37. The second-order valence-electron chi connectivity index (χ2n) is 7.07. The molecule has 2 rings (SSSR count). The number of aliphatic hydroxyl groups excluding tert-OH is 1. The number of hydrogen-bond acceptors (Lipinski definition) is 2. The fourth-order valence-electron chi connectivity index (χ4n) is 3.44. The molecule has 0 aliphatic heterocycles. The summed E-state index contributed by atoms with van der Waals surface area (Å²) in [4.78, 5) is 2.57. The van der Waals surface area contributed by atoms with Gasteiger partial charge in [-0.25, -0.2) is 0 Å². The topological polar surface area (TPSA) is 23.5 Å². The molecule has 2 aliphatic carbocycles. The monoisotopic (exact) mass is 239 g/mol. The van der Waals surface area contributed by atoms with E-state index in [9.17, 15) is 5.11 Å². The van der Waals surface area contributed by atoms with E-state index in [-0.39, 0.29) is 6.10 Å². The average molecular weight is 239 g/mol. The normalized spacial score (nSPS) is 35.3. The quantitative estimate of drug-likeness (QED) is 0.818. The largest absolute Gasteiger partial charge is 0.391 e. The highest BCUT2D eigenvalue weighted by Crippen LogP contribution is 2.41. The molecule has 100 valence electrons. The third-order valence-electron chi connectivity index (χ3n) is 4.81. The minimum absolute atomic E-state index is 0.0888. The molecule has 0 amide bonds. The zero-order valence-corrected chi connectivity index (χ0v) is 11.9. The first kappa shape index (κ1) is 13.4. The Balaban J connectivity index is 2.03. The fourth-order valence-corrected chi connectivity index (χ4v) is 3.44. The van der Waals surface area contributed by atoms with Crippen LogP contribution in [0.1, 0.15) is 59.8 Å². The lowest BCUT2D eigenvalue weighted by atomic mass is 9.70. The van der Waals surface area contributed by atoms with Gasteiger partial charge in [-0.2, -0.15) is 0 Å². The maximum atomic E-state index is 10.3. The highest BCUT2D eigenvalue weighted by molar-refractivity contribution is 4.95. The summed E-state index contributed by atoms with van der Waals surface area (Å²) in [5, 5.41) is 10.3. The maximum Gasteiger partial charge on any atom is 0.0695 e. The molecule has 17 heavy (non-hydrogen) atoms. The number of likely N-dealkylation sites (N-methyl/N-ethyl adjacent to an activating group) is 1. The number of aliphatic hydroxyl groups is 1. The number of rotatable bonds is 3. The summed E-state index contributed by atoms with van der Waals surface area (Å²) in [6.07, 6.45) is 5.98. The molecule has 1 N–H and O–H groups in total. The Hall–Kier alpha value is -0.0800. The van der Waals surface area contributed by atoms with Gasteiger partial charge in [0, 0.05) is 12.1 Å². The fraction of sp³-hybridized carbons (Fsp3) is 1.00. The first-order valence-electron chi connectivity index (χ1n) is 7.37. The highest BCUT2D eigenvalue weighted by atomic mass is 16.3. The molecule has 0 aromatic rings. The minimum Gasteiger partial charge on any atom is -0.391 e. The molecule has 0 heterocycles. The van der Waals surface area contributed by atoms with E-state index in [2.05, 4.69) is 32.6 Å². The van der Waals surface area contributed by atoms with Gasteiger partial charge in [0.15, 0.2) is 0 Å². The predicted molar refractivity (Wildman–Crippen MR) is 72.0 cm³/mol. The molecule has 0 spiro atoms. The van der Waals surface area contributed by atoms with Crippen LogP contribution in [0.2, 0.25) is 0 Å². The van der Waals surface area contributed by atoms with Gasteiger partial charge >= 0.3 is 0 Å². The molecule has 0 bridgehead atoms. The zero-order chi connectivity index (χ0) is 12.6. The molecule has 3 unspecified atom stereocenters. The predicted octanol–water partition coefficient (Wildman–Crippen LogP) is 3.05. The van der Waals surface area contributed by atoms with Crippen molar-refractivity contribution in [3.8, 4) is 0 Å². The molecule has 2 aliphatic rings. The molecule has 0 radical (unpaired) electrons. The summed E-state index contributed by atoms with van der Waals surface area (Å²) < 4.78 is 0. The molecule has 2 fully saturated rings. The van der Waals surface area contributed by atoms with Gasteiger partial charge in [-0.15, -0.1) is 0 Å². The SMILES string of the molecule is CCN(C1CC1)C1CC(C(C)(C)C)CCC1O. The van der Waals surface area contributed by atoms with Crippen molar-refractivity contribution in [1.29, 1.82) is 0 Å². The van der Waals surface area contributed by atoms with Crippen LogP contribution >= 0.6 is 0 Å². The van der Waals surface area contributed by atoms with Crippen LogP contribution in [0.4, 0.5) is 0 Å². The van der Waals surface area contributed by atoms with Crippen LogP contribution < -0.4 is 0 Å². The van der Waals surface area contributed by atoms with E-state index in [4.69, 9.17) is 0 Å². The molecule has 3 atom stereocenters. The second-order valence-corrected chi connectivity index (χ2v) is 7.07. The van der Waals surface area contributed by atoms with Gasteiger partial charge in [0.05, 0.1) is 6.10 Å². The molecule has 0 aromatic carbocycles. The van der Waals surface area contributed by atoms with Crippen molar-refractivity contribution in [3.05, 3.63) is 0 Å². The summed E-state index contributed by atoms with van der Waals surface area (Å²) in [7, 11) is 0. The number of nitrogens with zero attached hydrogens (tertiary/aromatic N) is 1. The Morgan fingerprint density at radius 1 is 1.12 bits per heavy atom. The van der Waals surface area contributed by atoms with Crippen molar-refractivity contribution in [3.63, 3.8) is 0 Å². The first-order chi connectivity index (χ1) is 7.93. The molecule has 2 nitrogen and oxygen atoms in total. The van der Waals surface area contributed by atoms with Gasteiger partial charge in [0.25, 0.3) is 0 Å². The average Bonchev–Trinajstić information content (AvgIpc) is 3.04. The van der Waals surface area contributed by atoms with Gasteiger partial charge in [0.1, 0.15) is 0 Å². The van der Waals surface area contributed by atoms with E-state index < -0.39 is 0 Å². The van der Waals surface area contributed by atoms with Crippen molar-refractivity contribution >= 4 is 0 Å². The molecule has 2 heteroatoms. The summed E-state index contributed by atoms with van der Waals surface area (Å²) in [5.74, 6) is 0.767. The summed E-state index contributed by atoms with van der Waals surface area (Å²) in [6, 6.07) is 1.20. The van der Waals surface area contributed by atoms with Crippen molar-refractivity contribution in [2.45, 2.75) is 78.0 Å². The lowest BCUT2D eigenvalue weighted by molar-refractivity contribution is -0.0185. The Bertz CT molecular complexity index is 254. The molecule has 0 saturated heterocycles. The van der Waals surface area contributed by atoms with Crippen molar-refractivity contribution in [1.82, 2.24) is 4.90 Å². The molecule has 0 aromatic heterocycles. The van der Waals surface area contributed by atoms with Crippen LogP contribution in [0, 0.1) is 11.3 Å². The van der Waals surface area contributed by atoms with E-state index in [1.165, 1.54) is 25.7 Å². The maximum absolute atomic E-state index is 10.3. The van der Waals surface area contributed by atoms with Crippen molar-refractivity contribution in [2.75, 3.05) is 6.54 Å². The van der Waals surface area contributed by atoms with Crippen LogP contribution in [0.15, 0.2) is 0 Å². The Morgan fingerprint density at radius 3 is 2.24 bits per heavy atom. The van der Waals surface area contributed by atoms with Crippen LogP contribution in [0.5, 0.6) is 0 Å². The molecule has 2 saturated carbocycles. The van der Waals surface area contributed by atoms with Gasteiger partial charge in [-0.1, -0.05) is 27.7 Å². The minimum atomic E-state index is -0.0888. The van der Waals surface area contributed by atoms with E-state index in [1.807, 2.05) is 0 Å². The Morgan fingerprint density at radius 2 is 1.76 bits per heavy atom. The number of hydrogen-bond donors (Lipinski definition) is 1. The zero-order valence-electron chi connectivity index (χ0n) is 11.9. The third-order valence-corrected chi connectivity index (χ3v) is 4.81. The summed E-state index contributed by atoms with van der Waals surface area (Å²) in [5.41, 5.74) is 0.390. The molecular weight excluding hydrogens is 210 g/mol. The van der Waals surface area contributed by atoms with Crippen LogP contribution in [-0.4, -0.2) is 34.7 Å². The van der Waals surface area contributed by atoms with Gasteiger partial charge in [0.2, 0.25) is 0 Å². The van der Waals surface area contributed by atoms with Crippen molar-refractivity contribution in [2.24, 2.45) is 11.3 Å². The Labute approximate surface area is 106 Å². The van der Waals surface area contributed by atoms with E-state index in [0.29, 0.717) is 11.5 Å². The third kappa shape index (κ3) is 3.03. The summed E-state index contributed by atoms with van der Waals surface area (Å²) >= 11 is 0. The van der Waals surface area contributed by atoms with E-state index in [0.717, 1.165) is 24.9 Å². The lowest BCUT2D eigenvalue weighted by Gasteiger charge is -2.44. The molecular formula is C15H29NO. The van der Waals surface area contributed by atoms with E-state index in [1.54, 1.807) is 0 Å². The van der Waals surface area contributed by atoms with Crippen LogP contribution in [0.25, 0.3) is 0 Å². The van der Waals surface area contributed by atoms with E-state index >= 15 is 0 Å². The summed E-state index contributed by atoms with van der Waals surface area (Å²) in [6.45, 7) is 10.4. The lowest BCUT2D eigenvalue weighted by Crippen LogP contribution is -2.49. The van der Waals surface area contributed by atoms with Gasteiger partial charge in [-0.3, -0.25) is 4.90 Å². The van der Waals surface area contributed by atoms with Gasteiger partial charge < -0.3 is 5.11 Å². The van der Waals surface area contributed by atoms with Gasteiger partial charge in [-0.05, 0) is 50.0 Å². The van der Waals surface area contributed by atoms with Crippen LogP contribution in [0.3, 0.4) is 0 Å². The standard InChI is InChI=1S/C15H29NO/c1-5-16(12-7-8-12)13-10-11(15(2,3)4)6-9-14(13)17/h11-14,17H,5-10H2,1-4H3. The smallest absolute Gasteiger partial charge is 0.0695 e. The van der Waals surface area contributed by atoms with Crippen LogP contribution in [-0.2, 0) is 0 Å². The Kier molecular flexibility index (Phi) is 3.84. The van der Waals surface area contributed by atoms with Crippen molar-refractivity contribution < 1.29 is 5.11 Å². The highest BCUT2D eigenvalue weighted by Gasteiger charge is 2.41. The second kappa shape index (κ2) is 4.89.